The van der Waals surface area contributed by atoms with Crippen LogP contribution < -0.4 is 0 Å². The Kier molecular flexibility index (Phi) is 3.78. The van der Waals surface area contributed by atoms with Crippen molar-refractivity contribution in [3.8, 4) is 11.3 Å². The third kappa shape index (κ3) is 2.58. The normalized spacial score (nSPS) is 12.3. The predicted molar refractivity (Wildman–Crippen MR) is 84.2 cm³/mol. The van der Waals surface area contributed by atoms with E-state index in [0.717, 1.165) is 11.1 Å². The van der Waals surface area contributed by atoms with Gasteiger partial charge in [-0.3, -0.25) is 4.68 Å². The first-order valence-corrected chi connectivity index (χ1v) is 7.07. The molecule has 0 spiro atoms. The van der Waals surface area contributed by atoms with Gasteiger partial charge in [0.2, 0.25) is 0 Å². The number of rotatable bonds is 3. The number of nitrogens with zero attached hydrogens (tertiary/aromatic N) is 2. The summed E-state index contributed by atoms with van der Waals surface area (Å²) in [4.78, 5) is 0. The van der Waals surface area contributed by atoms with Gasteiger partial charge in [-0.05, 0) is 5.56 Å². The Morgan fingerprint density at radius 1 is 1.00 bits per heavy atom. The number of halogens is 1. The van der Waals surface area contributed by atoms with Crippen molar-refractivity contribution in [2.45, 2.75) is 6.10 Å². The molecule has 0 aliphatic heterocycles. The van der Waals surface area contributed by atoms with E-state index >= 15 is 0 Å². The van der Waals surface area contributed by atoms with Crippen molar-refractivity contribution in [3.63, 3.8) is 0 Å². The van der Waals surface area contributed by atoms with E-state index in [2.05, 4.69) is 5.10 Å². The van der Waals surface area contributed by atoms with Crippen LogP contribution in [0.1, 0.15) is 17.2 Å². The number of benzene rings is 2. The maximum Gasteiger partial charge on any atom is 0.133 e. The van der Waals surface area contributed by atoms with E-state index in [1.165, 1.54) is 0 Å². The molecule has 21 heavy (non-hydrogen) atoms. The molecule has 1 unspecified atom stereocenters. The second kappa shape index (κ2) is 5.72. The zero-order valence-electron chi connectivity index (χ0n) is 11.6. The first-order valence-electron chi connectivity index (χ1n) is 6.69. The summed E-state index contributed by atoms with van der Waals surface area (Å²) in [5.41, 5.74) is 3.07. The third-order valence-electron chi connectivity index (χ3n) is 3.45. The number of aliphatic hydroxyl groups is 1. The number of aliphatic hydroxyl groups excluding tert-OH is 1. The summed E-state index contributed by atoms with van der Waals surface area (Å²) in [6, 6.07) is 19.2. The SMILES string of the molecule is Cn1nc(-c2ccccc2)c(C(O)c2ccccc2)c1Cl. The minimum atomic E-state index is -0.803. The van der Waals surface area contributed by atoms with Crippen molar-refractivity contribution in [2.75, 3.05) is 0 Å². The first kappa shape index (κ1) is 13.9. The zero-order chi connectivity index (χ0) is 14.8. The molecule has 4 heteroatoms. The molecule has 0 radical (unpaired) electrons. The van der Waals surface area contributed by atoms with E-state index < -0.39 is 6.10 Å². The molecule has 0 bridgehead atoms. The summed E-state index contributed by atoms with van der Waals surface area (Å²) >= 11 is 6.35. The van der Waals surface area contributed by atoms with Crippen LogP contribution >= 0.6 is 11.6 Å². The van der Waals surface area contributed by atoms with Gasteiger partial charge in [0.25, 0.3) is 0 Å². The smallest absolute Gasteiger partial charge is 0.133 e. The van der Waals surface area contributed by atoms with Gasteiger partial charge in [0.1, 0.15) is 17.0 Å². The molecule has 1 heterocycles. The van der Waals surface area contributed by atoms with Crippen molar-refractivity contribution in [1.82, 2.24) is 9.78 Å². The highest BCUT2D eigenvalue weighted by Gasteiger charge is 2.23. The lowest BCUT2D eigenvalue weighted by Crippen LogP contribution is -2.01. The van der Waals surface area contributed by atoms with Gasteiger partial charge in [-0.2, -0.15) is 5.10 Å². The number of hydrogen-bond donors (Lipinski definition) is 1. The fourth-order valence-electron chi connectivity index (χ4n) is 2.37. The molecule has 0 amide bonds. The van der Waals surface area contributed by atoms with Gasteiger partial charge in [0, 0.05) is 12.6 Å². The molecular weight excluding hydrogens is 284 g/mol. The van der Waals surface area contributed by atoms with Gasteiger partial charge in [-0.25, -0.2) is 0 Å². The van der Waals surface area contributed by atoms with Crippen molar-refractivity contribution in [3.05, 3.63) is 76.9 Å². The highest BCUT2D eigenvalue weighted by molar-refractivity contribution is 6.30. The minimum absolute atomic E-state index is 0.449. The van der Waals surface area contributed by atoms with Crippen LogP contribution in [0.2, 0.25) is 5.15 Å². The van der Waals surface area contributed by atoms with Gasteiger partial charge in [-0.15, -0.1) is 0 Å². The van der Waals surface area contributed by atoms with Gasteiger partial charge in [0.15, 0.2) is 0 Å². The van der Waals surface area contributed by atoms with E-state index in [9.17, 15) is 5.11 Å². The predicted octanol–water partition coefficient (Wildman–Crippen LogP) is 3.82. The van der Waals surface area contributed by atoms with Gasteiger partial charge in [-0.1, -0.05) is 72.3 Å². The largest absolute Gasteiger partial charge is 0.383 e. The average Bonchev–Trinajstić information content (AvgIpc) is 2.84. The molecule has 0 aliphatic rings. The lowest BCUT2D eigenvalue weighted by Gasteiger charge is -2.12. The molecule has 2 aromatic carbocycles. The molecule has 0 saturated carbocycles. The van der Waals surface area contributed by atoms with Crippen LogP contribution in [0.15, 0.2) is 60.7 Å². The van der Waals surface area contributed by atoms with E-state index in [1.54, 1.807) is 11.7 Å². The molecule has 0 saturated heterocycles. The van der Waals surface area contributed by atoms with Gasteiger partial charge in [0.05, 0.1) is 5.56 Å². The van der Waals surface area contributed by atoms with Crippen LogP contribution in [0.5, 0.6) is 0 Å². The van der Waals surface area contributed by atoms with Crippen LogP contribution in [0.25, 0.3) is 11.3 Å². The molecule has 0 aliphatic carbocycles. The highest BCUT2D eigenvalue weighted by atomic mass is 35.5. The minimum Gasteiger partial charge on any atom is -0.383 e. The molecule has 1 aromatic heterocycles. The second-order valence-corrected chi connectivity index (χ2v) is 5.21. The Bertz CT molecular complexity index is 738. The molecule has 3 aromatic rings. The summed E-state index contributed by atoms with van der Waals surface area (Å²) in [7, 11) is 1.77. The lowest BCUT2D eigenvalue weighted by molar-refractivity contribution is 0.221. The summed E-state index contributed by atoms with van der Waals surface area (Å²) < 4.78 is 1.59. The molecule has 1 N–H and O–H groups in total. The maximum atomic E-state index is 10.7. The Balaban J connectivity index is 2.14. The topological polar surface area (TPSA) is 38.0 Å². The van der Waals surface area contributed by atoms with Crippen LogP contribution in [0.4, 0.5) is 0 Å². The summed E-state index contributed by atoms with van der Waals surface area (Å²) in [5, 5.41) is 15.6. The monoisotopic (exact) mass is 298 g/mol. The summed E-state index contributed by atoms with van der Waals surface area (Å²) in [6.07, 6.45) is -0.803. The zero-order valence-corrected chi connectivity index (χ0v) is 12.3. The fourth-order valence-corrected chi connectivity index (χ4v) is 2.60. The lowest BCUT2D eigenvalue weighted by atomic mass is 9.99. The quantitative estimate of drug-likeness (QED) is 0.798. The van der Waals surface area contributed by atoms with Crippen molar-refractivity contribution in [2.24, 2.45) is 7.05 Å². The summed E-state index contributed by atoms with van der Waals surface area (Å²) in [5.74, 6) is 0. The Labute approximate surface area is 128 Å². The Morgan fingerprint density at radius 3 is 2.19 bits per heavy atom. The van der Waals surface area contributed by atoms with Crippen molar-refractivity contribution in [1.29, 1.82) is 0 Å². The molecule has 0 fully saturated rings. The number of aryl methyl sites for hydroxylation is 1. The first-order chi connectivity index (χ1) is 10.2. The van der Waals surface area contributed by atoms with Crippen molar-refractivity contribution >= 4 is 11.6 Å². The average molecular weight is 299 g/mol. The molecule has 1 atom stereocenters. The van der Waals surface area contributed by atoms with E-state index in [-0.39, 0.29) is 0 Å². The van der Waals surface area contributed by atoms with E-state index in [0.29, 0.717) is 16.4 Å². The Morgan fingerprint density at radius 2 is 1.57 bits per heavy atom. The molecule has 3 nitrogen and oxygen atoms in total. The number of hydrogen-bond acceptors (Lipinski definition) is 2. The third-order valence-corrected chi connectivity index (χ3v) is 3.90. The van der Waals surface area contributed by atoms with Crippen molar-refractivity contribution < 1.29 is 5.11 Å². The second-order valence-electron chi connectivity index (χ2n) is 4.86. The fraction of sp³-hybridized carbons (Fsp3) is 0.118. The molecular formula is C17H15ClN2O. The number of aromatic nitrogens is 2. The maximum absolute atomic E-state index is 10.7. The highest BCUT2D eigenvalue weighted by Crippen LogP contribution is 2.36. The van der Waals surface area contributed by atoms with Crippen LogP contribution in [0, 0.1) is 0 Å². The molecule has 106 valence electrons. The van der Waals surface area contributed by atoms with Crippen LogP contribution in [-0.2, 0) is 7.05 Å². The Hall–Kier alpha value is -2.10. The van der Waals surface area contributed by atoms with E-state index in [4.69, 9.17) is 11.6 Å². The van der Waals surface area contributed by atoms with Gasteiger partial charge >= 0.3 is 0 Å². The standard InChI is InChI=1S/C17H15ClN2O/c1-20-17(18)14(16(21)13-10-6-3-7-11-13)15(19-20)12-8-4-2-5-9-12/h2-11,16,21H,1H3. The van der Waals surface area contributed by atoms with E-state index in [1.807, 2.05) is 60.7 Å². The van der Waals surface area contributed by atoms with Crippen LogP contribution in [0.3, 0.4) is 0 Å². The van der Waals surface area contributed by atoms with Crippen LogP contribution in [-0.4, -0.2) is 14.9 Å². The summed E-state index contributed by atoms with van der Waals surface area (Å²) in [6.45, 7) is 0. The molecule has 3 rings (SSSR count). The van der Waals surface area contributed by atoms with Gasteiger partial charge < -0.3 is 5.11 Å².